The van der Waals surface area contributed by atoms with E-state index >= 15 is 0 Å². The number of rotatable bonds is 4. The lowest BCUT2D eigenvalue weighted by molar-refractivity contribution is -0.116. The number of pyridine rings is 1. The van der Waals surface area contributed by atoms with Crippen molar-refractivity contribution in [3.63, 3.8) is 0 Å². The summed E-state index contributed by atoms with van der Waals surface area (Å²) in [7, 11) is 0. The van der Waals surface area contributed by atoms with Gasteiger partial charge in [-0.25, -0.2) is 0 Å². The zero-order valence-corrected chi connectivity index (χ0v) is 13.0. The number of unbranched alkanes of at least 4 members (excludes halogenated alkanes) is 1. The van der Waals surface area contributed by atoms with E-state index in [0.29, 0.717) is 6.42 Å². The van der Waals surface area contributed by atoms with Gasteiger partial charge in [-0.15, -0.1) is 0 Å². The number of hydrogen-bond acceptors (Lipinski definition) is 2. The van der Waals surface area contributed by atoms with Gasteiger partial charge < -0.3 is 10.3 Å². The fourth-order valence-electron chi connectivity index (χ4n) is 3.20. The Balaban J connectivity index is 1.94. The molecule has 0 saturated heterocycles. The molecule has 1 aliphatic carbocycles. The van der Waals surface area contributed by atoms with E-state index in [0.717, 1.165) is 60.7 Å². The van der Waals surface area contributed by atoms with Gasteiger partial charge >= 0.3 is 0 Å². The molecule has 0 atom stereocenters. The number of benzene rings is 1. The minimum absolute atomic E-state index is 0.0247. The number of carbonyl (C=O) groups is 1. The molecule has 4 heteroatoms. The Morgan fingerprint density at radius 1 is 1.23 bits per heavy atom. The monoisotopic (exact) mass is 298 g/mol. The Kier molecular flexibility index (Phi) is 4.27. The minimum atomic E-state index is 0.0247. The molecule has 1 amide bonds. The topological polar surface area (TPSA) is 62.0 Å². The van der Waals surface area contributed by atoms with Crippen molar-refractivity contribution in [2.24, 2.45) is 0 Å². The van der Waals surface area contributed by atoms with Crippen molar-refractivity contribution in [1.29, 1.82) is 0 Å². The molecule has 116 valence electrons. The highest BCUT2D eigenvalue weighted by atomic mass is 16.1. The van der Waals surface area contributed by atoms with Gasteiger partial charge in [0.05, 0.1) is 5.52 Å². The summed E-state index contributed by atoms with van der Waals surface area (Å²) in [4.78, 5) is 27.0. The molecular weight excluding hydrogens is 276 g/mol. The van der Waals surface area contributed by atoms with E-state index in [1.165, 1.54) is 5.56 Å². The number of fused-ring (bicyclic) bond motifs is 3. The second kappa shape index (κ2) is 6.34. The average molecular weight is 298 g/mol. The lowest BCUT2D eigenvalue weighted by Gasteiger charge is -2.17. The van der Waals surface area contributed by atoms with Gasteiger partial charge in [-0.3, -0.25) is 9.59 Å². The first-order valence-corrected chi connectivity index (χ1v) is 8.16. The van der Waals surface area contributed by atoms with Crippen molar-refractivity contribution >= 4 is 22.5 Å². The van der Waals surface area contributed by atoms with Crippen LogP contribution in [0.4, 0.5) is 5.69 Å². The van der Waals surface area contributed by atoms with Crippen LogP contribution in [0.2, 0.25) is 0 Å². The van der Waals surface area contributed by atoms with Gasteiger partial charge in [0.25, 0.3) is 5.56 Å². The largest absolute Gasteiger partial charge is 0.326 e. The van der Waals surface area contributed by atoms with Crippen molar-refractivity contribution in [3.05, 3.63) is 39.7 Å². The van der Waals surface area contributed by atoms with E-state index in [-0.39, 0.29) is 11.5 Å². The minimum Gasteiger partial charge on any atom is -0.326 e. The van der Waals surface area contributed by atoms with Gasteiger partial charge in [-0.2, -0.15) is 0 Å². The highest BCUT2D eigenvalue weighted by molar-refractivity contribution is 5.94. The highest BCUT2D eigenvalue weighted by Gasteiger charge is 2.16. The van der Waals surface area contributed by atoms with Crippen LogP contribution in [0.1, 0.15) is 50.2 Å². The quantitative estimate of drug-likeness (QED) is 0.907. The number of hydrogen-bond donors (Lipinski definition) is 2. The molecule has 0 bridgehead atoms. The highest BCUT2D eigenvalue weighted by Crippen LogP contribution is 2.27. The molecule has 0 saturated carbocycles. The molecule has 1 heterocycles. The Morgan fingerprint density at radius 2 is 2.00 bits per heavy atom. The maximum absolute atomic E-state index is 12.2. The second-order valence-corrected chi connectivity index (χ2v) is 6.03. The maximum Gasteiger partial charge on any atom is 0.251 e. The third-order valence-corrected chi connectivity index (χ3v) is 4.38. The van der Waals surface area contributed by atoms with E-state index < -0.39 is 0 Å². The summed E-state index contributed by atoms with van der Waals surface area (Å²) in [6.07, 6.45) is 6.51. The lowest BCUT2D eigenvalue weighted by Crippen LogP contribution is -2.19. The van der Waals surface area contributed by atoms with Crippen LogP contribution in [-0.4, -0.2) is 10.9 Å². The number of amides is 1. The zero-order chi connectivity index (χ0) is 15.5. The Hall–Kier alpha value is -2.10. The third kappa shape index (κ3) is 2.91. The number of anilines is 1. The number of aromatic nitrogens is 1. The molecule has 0 radical (unpaired) electrons. The van der Waals surface area contributed by atoms with Gasteiger partial charge in [0.2, 0.25) is 5.91 Å². The predicted octanol–water partition coefficient (Wildman–Crippen LogP) is 3.54. The standard InChI is InChI=1S/C18H22N2O2/c1-2-3-8-17(21)19-12-9-10-14-13-6-4-5-7-15(13)18(22)20-16(14)11-12/h9-11H,2-8H2,1H3,(H,19,21)(H,20,22). The lowest BCUT2D eigenvalue weighted by atomic mass is 9.90. The fraction of sp³-hybridized carbons (Fsp3) is 0.444. The molecule has 3 rings (SSSR count). The summed E-state index contributed by atoms with van der Waals surface area (Å²) in [5, 5.41) is 4.02. The van der Waals surface area contributed by atoms with Crippen LogP contribution >= 0.6 is 0 Å². The summed E-state index contributed by atoms with van der Waals surface area (Å²) in [5.74, 6) is 0.0292. The average Bonchev–Trinajstić information content (AvgIpc) is 2.53. The van der Waals surface area contributed by atoms with Crippen molar-refractivity contribution in [2.45, 2.75) is 51.9 Å². The molecule has 1 aromatic heterocycles. The number of aromatic amines is 1. The summed E-state index contributed by atoms with van der Waals surface area (Å²) < 4.78 is 0. The molecular formula is C18H22N2O2. The smallest absolute Gasteiger partial charge is 0.251 e. The van der Waals surface area contributed by atoms with E-state index in [1.54, 1.807) is 0 Å². The zero-order valence-electron chi connectivity index (χ0n) is 13.0. The Bertz CT molecular complexity index is 762. The van der Waals surface area contributed by atoms with Gasteiger partial charge in [0, 0.05) is 23.1 Å². The van der Waals surface area contributed by atoms with Crippen LogP contribution in [0.3, 0.4) is 0 Å². The van der Waals surface area contributed by atoms with Crippen LogP contribution in [-0.2, 0) is 17.6 Å². The molecule has 0 aliphatic heterocycles. The molecule has 1 aromatic carbocycles. The number of nitrogens with one attached hydrogen (secondary N) is 2. The Morgan fingerprint density at radius 3 is 2.77 bits per heavy atom. The molecule has 2 N–H and O–H groups in total. The van der Waals surface area contributed by atoms with Crippen molar-refractivity contribution in [2.75, 3.05) is 5.32 Å². The predicted molar refractivity (Wildman–Crippen MR) is 89.4 cm³/mol. The second-order valence-electron chi connectivity index (χ2n) is 6.03. The van der Waals surface area contributed by atoms with Crippen LogP contribution < -0.4 is 10.9 Å². The molecule has 22 heavy (non-hydrogen) atoms. The summed E-state index contributed by atoms with van der Waals surface area (Å²) >= 11 is 0. The third-order valence-electron chi connectivity index (χ3n) is 4.38. The number of H-pyrrole nitrogens is 1. The summed E-state index contributed by atoms with van der Waals surface area (Å²) in [6.45, 7) is 2.07. The normalized spacial score (nSPS) is 13.9. The number of aryl methyl sites for hydroxylation is 1. The van der Waals surface area contributed by atoms with Crippen LogP contribution in [0.25, 0.3) is 10.9 Å². The Labute approximate surface area is 129 Å². The van der Waals surface area contributed by atoms with E-state index in [2.05, 4.69) is 17.2 Å². The SMILES string of the molecule is CCCCC(=O)Nc1ccc2c3c(c(=O)[nH]c2c1)CCCC3. The first-order valence-electron chi connectivity index (χ1n) is 8.16. The van der Waals surface area contributed by atoms with Crippen LogP contribution in [0.15, 0.2) is 23.0 Å². The molecule has 2 aromatic rings. The van der Waals surface area contributed by atoms with Gasteiger partial charge in [0.1, 0.15) is 0 Å². The van der Waals surface area contributed by atoms with Crippen LogP contribution in [0.5, 0.6) is 0 Å². The number of carbonyl (C=O) groups excluding carboxylic acids is 1. The van der Waals surface area contributed by atoms with Gasteiger partial charge in [-0.1, -0.05) is 19.4 Å². The first-order chi connectivity index (χ1) is 10.7. The van der Waals surface area contributed by atoms with Crippen molar-refractivity contribution in [1.82, 2.24) is 4.98 Å². The van der Waals surface area contributed by atoms with Crippen LogP contribution in [0, 0.1) is 0 Å². The van der Waals surface area contributed by atoms with Gasteiger partial charge in [-0.05, 0) is 49.8 Å². The fourth-order valence-corrected chi connectivity index (χ4v) is 3.20. The van der Waals surface area contributed by atoms with Crippen molar-refractivity contribution < 1.29 is 4.79 Å². The van der Waals surface area contributed by atoms with E-state index in [4.69, 9.17) is 0 Å². The molecule has 0 fully saturated rings. The summed E-state index contributed by atoms with van der Waals surface area (Å²) in [5.41, 5.74) is 3.72. The van der Waals surface area contributed by atoms with Crippen molar-refractivity contribution in [3.8, 4) is 0 Å². The maximum atomic E-state index is 12.2. The summed E-state index contributed by atoms with van der Waals surface area (Å²) in [6, 6.07) is 5.82. The van der Waals surface area contributed by atoms with E-state index in [1.807, 2.05) is 18.2 Å². The molecule has 0 unspecified atom stereocenters. The van der Waals surface area contributed by atoms with Gasteiger partial charge in [0.15, 0.2) is 0 Å². The van der Waals surface area contributed by atoms with E-state index in [9.17, 15) is 9.59 Å². The molecule has 0 spiro atoms. The molecule has 1 aliphatic rings. The first kappa shape index (κ1) is 14.8. The molecule has 4 nitrogen and oxygen atoms in total.